The number of nitrogens with zero attached hydrogens (tertiary/aromatic N) is 1. The van der Waals surface area contributed by atoms with E-state index in [-0.39, 0.29) is 18.6 Å². The lowest BCUT2D eigenvalue weighted by Gasteiger charge is -2.10. The van der Waals surface area contributed by atoms with Gasteiger partial charge in [0.15, 0.2) is 0 Å². The number of hydrogen-bond acceptors (Lipinski definition) is 4. The summed E-state index contributed by atoms with van der Waals surface area (Å²) in [5.41, 5.74) is 1.72. The Bertz CT molecular complexity index is 426. The lowest BCUT2D eigenvalue weighted by molar-refractivity contribution is -0.119. The first-order valence-corrected chi connectivity index (χ1v) is 6.78. The van der Waals surface area contributed by atoms with Crippen molar-refractivity contribution in [3.05, 3.63) is 35.4 Å². The van der Waals surface area contributed by atoms with Gasteiger partial charge in [-0.05, 0) is 24.6 Å². The van der Waals surface area contributed by atoms with Crippen LogP contribution in [0.5, 0.6) is 0 Å². The van der Waals surface area contributed by atoms with Crippen molar-refractivity contribution < 1.29 is 9.90 Å². The van der Waals surface area contributed by atoms with Gasteiger partial charge in [0.05, 0.1) is 24.0 Å². The van der Waals surface area contributed by atoms with Gasteiger partial charge in [0, 0.05) is 11.8 Å². The van der Waals surface area contributed by atoms with Crippen molar-refractivity contribution in [2.45, 2.75) is 18.7 Å². The average Bonchev–Trinajstić information content (AvgIpc) is 2.39. The van der Waals surface area contributed by atoms with Crippen LogP contribution < -0.4 is 5.32 Å². The molecule has 0 aliphatic rings. The van der Waals surface area contributed by atoms with Gasteiger partial charge in [-0.15, -0.1) is 11.8 Å². The Kier molecular flexibility index (Phi) is 6.26. The van der Waals surface area contributed by atoms with Crippen molar-refractivity contribution in [1.29, 1.82) is 5.26 Å². The number of nitriles is 1. The molecule has 1 unspecified atom stereocenters. The number of hydrogen-bond donors (Lipinski definition) is 2. The summed E-state index contributed by atoms with van der Waals surface area (Å²) in [5.74, 6) is 1.02. The number of thioether (sulfide) groups is 1. The molecule has 0 aliphatic carbocycles. The van der Waals surface area contributed by atoms with Gasteiger partial charge in [0.2, 0.25) is 5.91 Å². The second kappa shape index (κ2) is 7.75. The topological polar surface area (TPSA) is 73.1 Å². The molecule has 1 atom stereocenters. The van der Waals surface area contributed by atoms with Crippen molar-refractivity contribution in [3.8, 4) is 6.07 Å². The van der Waals surface area contributed by atoms with Gasteiger partial charge in [-0.25, -0.2) is 0 Å². The number of carbonyl (C=O) groups is 1. The Morgan fingerprint density at radius 2 is 2.17 bits per heavy atom. The third-order valence-corrected chi connectivity index (χ3v) is 3.27. The van der Waals surface area contributed by atoms with E-state index in [1.54, 1.807) is 19.1 Å². The van der Waals surface area contributed by atoms with Gasteiger partial charge in [-0.1, -0.05) is 12.1 Å². The molecule has 0 spiro atoms. The lowest BCUT2D eigenvalue weighted by atomic mass is 10.2. The van der Waals surface area contributed by atoms with Crippen LogP contribution in [-0.4, -0.2) is 29.4 Å². The fraction of sp³-hybridized carbons (Fsp3) is 0.385. The van der Waals surface area contributed by atoms with Crippen molar-refractivity contribution in [1.82, 2.24) is 5.32 Å². The van der Waals surface area contributed by atoms with Crippen LogP contribution in [0.3, 0.4) is 0 Å². The van der Waals surface area contributed by atoms with Gasteiger partial charge in [-0.2, -0.15) is 5.26 Å². The van der Waals surface area contributed by atoms with Crippen LogP contribution >= 0.6 is 11.8 Å². The van der Waals surface area contributed by atoms with E-state index in [0.717, 1.165) is 11.3 Å². The summed E-state index contributed by atoms with van der Waals surface area (Å²) >= 11 is 1.50. The van der Waals surface area contributed by atoms with E-state index in [2.05, 4.69) is 11.4 Å². The number of rotatable bonds is 6. The normalized spacial score (nSPS) is 11.6. The van der Waals surface area contributed by atoms with Crippen LogP contribution in [0.15, 0.2) is 24.3 Å². The zero-order valence-electron chi connectivity index (χ0n) is 10.2. The Balaban J connectivity index is 2.29. The molecular formula is C13H16N2O2S. The monoisotopic (exact) mass is 264 g/mol. The van der Waals surface area contributed by atoms with E-state index < -0.39 is 0 Å². The average molecular weight is 264 g/mol. The summed E-state index contributed by atoms with van der Waals surface area (Å²) in [4.78, 5) is 11.4. The molecule has 0 saturated carbocycles. The third-order valence-electron chi connectivity index (χ3n) is 2.27. The molecule has 0 aliphatic heterocycles. The highest BCUT2D eigenvalue weighted by molar-refractivity contribution is 7.99. The van der Waals surface area contributed by atoms with E-state index in [9.17, 15) is 4.79 Å². The minimum atomic E-state index is -0.201. The molecule has 1 aromatic rings. The first kappa shape index (κ1) is 14.6. The van der Waals surface area contributed by atoms with Gasteiger partial charge >= 0.3 is 0 Å². The summed E-state index contributed by atoms with van der Waals surface area (Å²) < 4.78 is 0. The first-order chi connectivity index (χ1) is 8.65. The maximum atomic E-state index is 11.4. The molecule has 1 aromatic carbocycles. The number of amides is 1. The summed E-state index contributed by atoms with van der Waals surface area (Å²) in [5, 5.41) is 20.1. The first-order valence-electron chi connectivity index (χ1n) is 5.62. The van der Waals surface area contributed by atoms with E-state index in [4.69, 9.17) is 10.4 Å². The maximum Gasteiger partial charge on any atom is 0.230 e. The summed E-state index contributed by atoms with van der Waals surface area (Å²) in [6, 6.07) is 9.17. The molecular weight excluding hydrogens is 248 g/mol. The van der Waals surface area contributed by atoms with Gasteiger partial charge in [0.1, 0.15) is 0 Å². The molecule has 0 bridgehead atoms. The van der Waals surface area contributed by atoms with E-state index in [0.29, 0.717) is 11.3 Å². The van der Waals surface area contributed by atoms with Gasteiger partial charge < -0.3 is 10.4 Å². The SMILES string of the molecule is CC(CO)NC(=O)CSCc1ccc(C#N)cc1. The predicted octanol–water partition coefficient (Wildman–Crippen LogP) is 1.29. The number of aliphatic hydroxyl groups excluding tert-OH is 1. The molecule has 0 radical (unpaired) electrons. The van der Waals surface area contributed by atoms with Crippen molar-refractivity contribution >= 4 is 17.7 Å². The largest absolute Gasteiger partial charge is 0.394 e. The molecule has 0 heterocycles. The fourth-order valence-electron chi connectivity index (χ4n) is 1.30. The second-order valence-corrected chi connectivity index (χ2v) is 4.94. The standard InChI is InChI=1S/C13H16N2O2S/c1-10(7-16)15-13(17)9-18-8-12-4-2-11(6-14)3-5-12/h2-5,10,16H,7-9H2,1H3,(H,15,17). The second-order valence-electron chi connectivity index (χ2n) is 3.95. The predicted molar refractivity (Wildman–Crippen MR) is 72.0 cm³/mol. The lowest BCUT2D eigenvalue weighted by Crippen LogP contribution is -2.36. The van der Waals surface area contributed by atoms with Crippen LogP contribution in [0.25, 0.3) is 0 Å². The van der Waals surface area contributed by atoms with E-state index in [1.807, 2.05) is 12.1 Å². The summed E-state index contributed by atoms with van der Waals surface area (Å²) in [7, 11) is 0. The van der Waals surface area contributed by atoms with Crippen LogP contribution in [0.4, 0.5) is 0 Å². The van der Waals surface area contributed by atoms with Crippen LogP contribution in [0, 0.1) is 11.3 Å². The minimum Gasteiger partial charge on any atom is -0.394 e. The molecule has 0 saturated heterocycles. The quantitative estimate of drug-likeness (QED) is 0.812. The highest BCUT2D eigenvalue weighted by Crippen LogP contribution is 2.12. The fourth-order valence-corrected chi connectivity index (χ4v) is 2.10. The zero-order valence-corrected chi connectivity index (χ0v) is 11.0. The molecule has 2 N–H and O–H groups in total. The molecule has 4 nitrogen and oxygen atoms in total. The van der Waals surface area contributed by atoms with Crippen LogP contribution in [0.1, 0.15) is 18.1 Å². The van der Waals surface area contributed by atoms with Crippen LogP contribution in [0.2, 0.25) is 0 Å². The maximum absolute atomic E-state index is 11.4. The highest BCUT2D eigenvalue weighted by atomic mass is 32.2. The molecule has 5 heteroatoms. The number of aliphatic hydroxyl groups is 1. The van der Waals surface area contributed by atoms with E-state index in [1.165, 1.54) is 11.8 Å². The Morgan fingerprint density at radius 1 is 1.50 bits per heavy atom. The smallest absolute Gasteiger partial charge is 0.230 e. The zero-order chi connectivity index (χ0) is 13.4. The number of benzene rings is 1. The van der Waals surface area contributed by atoms with E-state index >= 15 is 0 Å². The van der Waals surface area contributed by atoms with Gasteiger partial charge in [0.25, 0.3) is 0 Å². The summed E-state index contributed by atoms with van der Waals surface area (Å²) in [6.07, 6.45) is 0. The molecule has 18 heavy (non-hydrogen) atoms. The van der Waals surface area contributed by atoms with Crippen molar-refractivity contribution in [2.75, 3.05) is 12.4 Å². The summed E-state index contributed by atoms with van der Waals surface area (Å²) in [6.45, 7) is 1.70. The van der Waals surface area contributed by atoms with Crippen molar-refractivity contribution in [3.63, 3.8) is 0 Å². The third kappa shape index (κ3) is 5.21. The number of carbonyl (C=O) groups excluding carboxylic acids is 1. The highest BCUT2D eigenvalue weighted by Gasteiger charge is 2.05. The molecule has 96 valence electrons. The molecule has 1 amide bonds. The Labute approximate surface area is 111 Å². The van der Waals surface area contributed by atoms with Gasteiger partial charge in [-0.3, -0.25) is 4.79 Å². The Hall–Kier alpha value is -1.51. The molecule has 0 aromatic heterocycles. The minimum absolute atomic E-state index is 0.0496. The Morgan fingerprint density at radius 3 is 2.72 bits per heavy atom. The number of nitrogens with one attached hydrogen (secondary N) is 1. The van der Waals surface area contributed by atoms with Crippen LogP contribution in [-0.2, 0) is 10.5 Å². The molecule has 0 fully saturated rings. The molecule has 1 rings (SSSR count). The van der Waals surface area contributed by atoms with Crippen molar-refractivity contribution in [2.24, 2.45) is 0 Å².